The quantitative estimate of drug-likeness (QED) is 0.814. The molecule has 0 aliphatic carbocycles. The molecule has 0 heterocycles. The molecule has 0 aliphatic rings. The molecule has 1 unspecified atom stereocenters. The van der Waals surface area contributed by atoms with Gasteiger partial charge in [0.25, 0.3) is 0 Å². The second-order valence-electron chi connectivity index (χ2n) is 4.23. The second-order valence-corrected chi connectivity index (χ2v) is 4.67. The van der Waals surface area contributed by atoms with Crippen molar-refractivity contribution in [3.8, 4) is 6.07 Å². The summed E-state index contributed by atoms with van der Waals surface area (Å²) in [5.41, 5.74) is 7.02. The number of hydrogen-bond acceptors (Lipinski definition) is 3. The Morgan fingerprint density at radius 2 is 1.94 bits per heavy atom. The summed E-state index contributed by atoms with van der Waals surface area (Å²) in [5.74, 6) is -1.39. The van der Waals surface area contributed by atoms with Crippen molar-refractivity contribution in [1.82, 2.24) is 0 Å². The first kappa shape index (κ1) is 14.1. The van der Waals surface area contributed by atoms with E-state index in [4.69, 9.17) is 23.2 Å². The number of nitrogens with one attached hydrogen (secondary N) is 1. The molecule has 5 heteroatoms. The number of carbonyl (C=O) groups is 1. The van der Waals surface area contributed by atoms with Gasteiger partial charge in [-0.3, -0.25) is 4.79 Å². The van der Waals surface area contributed by atoms with E-state index >= 15 is 0 Å². The zero-order valence-electron chi connectivity index (χ0n) is 10.3. The third-order valence-electron chi connectivity index (χ3n) is 2.52. The van der Waals surface area contributed by atoms with Crippen molar-refractivity contribution in [2.24, 2.45) is 11.7 Å². The number of nitriles is 1. The fourth-order valence-corrected chi connectivity index (χ4v) is 1.70. The predicted octanol–water partition coefficient (Wildman–Crippen LogP) is 2.17. The molecule has 1 amide bonds. The Kier molecular flexibility index (Phi) is 4.81. The molecule has 0 fully saturated rings. The van der Waals surface area contributed by atoms with Gasteiger partial charge in [0.2, 0.25) is 5.91 Å². The normalized spacial score (nSPS) is 11.7. The second kappa shape index (κ2) is 6.12. The fourth-order valence-electron chi connectivity index (χ4n) is 1.42. The van der Waals surface area contributed by atoms with Gasteiger partial charge in [-0.05, 0) is 23.6 Å². The molecule has 1 atom stereocenters. The van der Waals surface area contributed by atoms with Gasteiger partial charge in [-0.1, -0.05) is 38.2 Å². The largest absolute Gasteiger partial charge is 0.368 e. The molecule has 0 aromatic heterocycles. The van der Waals surface area contributed by atoms with Gasteiger partial charge in [0, 0.05) is 5.69 Å². The van der Waals surface area contributed by atoms with Gasteiger partial charge < -0.3 is 11.1 Å². The summed E-state index contributed by atoms with van der Waals surface area (Å²) in [7, 11) is 0. The van der Waals surface area contributed by atoms with E-state index in [1.807, 2.05) is 24.3 Å². The van der Waals surface area contributed by atoms with E-state index in [1.165, 1.54) is 5.56 Å². The van der Waals surface area contributed by atoms with E-state index < -0.39 is 11.8 Å². The van der Waals surface area contributed by atoms with Crippen molar-refractivity contribution in [3.63, 3.8) is 0 Å². The maximum absolute atomic E-state index is 11.0. The third-order valence-corrected chi connectivity index (χ3v) is 2.86. The molecule has 0 spiro atoms. The van der Waals surface area contributed by atoms with E-state index in [9.17, 15) is 4.79 Å². The molecule has 18 heavy (non-hydrogen) atoms. The molecule has 0 saturated heterocycles. The number of carbonyl (C=O) groups excluding carboxylic acids is 1. The lowest BCUT2D eigenvalue weighted by molar-refractivity contribution is -0.118. The monoisotopic (exact) mass is 261 g/mol. The topological polar surface area (TPSA) is 78.9 Å². The Balaban J connectivity index is 2.77. The summed E-state index contributed by atoms with van der Waals surface area (Å²) < 4.78 is 0. The lowest BCUT2D eigenvalue weighted by Gasteiger charge is -2.11. The van der Waals surface area contributed by atoms with Crippen molar-refractivity contribution in [2.75, 3.05) is 5.32 Å². The van der Waals surface area contributed by atoms with Crippen LogP contribution in [-0.4, -0.2) is 10.9 Å². The van der Waals surface area contributed by atoms with Gasteiger partial charge in [0.15, 0.2) is 5.92 Å². The summed E-state index contributed by atoms with van der Waals surface area (Å²) in [4.78, 5) is 11.1. The Labute approximate surface area is 112 Å². The van der Waals surface area contributed by atoms with Crippen LogP contribution in [0.3, 0.4) is 0 Å². The smallest absolute Gasteiger partial charge is 0.241 e. The SMILES string of the molecule is CC(C)c1ccc(NC(=S)C(C#N)C(N)=O)cc1. The summed E-state index contributed by atoms with van der Waals surface area (Å²) in [5, 5.41) is 11.6. The van der Waals surface area contributed by atoms with Gasteiger partial charge in [-0.25, -0.2) is 0 Å². The van der Waals surface area contributed by atoms with E-state index in [0.29, 0.717) is 5.92 Å². The van der Waals surface area contributed by atoms with Crippen LogP contribution in [0.5, 0.6) is 0 Å². The highest BCUT2D eigenvalue weighted by atomic mass is 32.1. The Morgan fingerprint density at radius 1 is 1.39 bits per heavy atom. The Hall–Kier alpha value is -1.93. The fraction of sp³-hybridized carbons (Fsp3) is 0.308. The minimum atomic E-state index is -1.09. The van der Waals surface area contributed by atoms with Crippen molar-refractivity contribution >= 4 is 28.8 Å². The summed E-state index contributed by atoms with van der Waals surface area (Å²) in [6, 6.07) is 9.44. The lowest BCUT2D eigenvalue weighted by atomic mass is 10.0. The van der Waals surface area contributed by atoms with Crippen LogP contribution in [0.15, 0.2) is 24.3 Å². The van der Waals surface area contributed by atoms with Crippen LogP contribution in [0.25, 0.3) is 0 Å². The van der Waals surface area contributed by atoms with E-state index in [2.05, 4.69) is 19.2 Å². The molecular weight excluding hydrogens is 246 g/mol. The van der Waals surface area contributed by atoms with E-state index in [0.717, 1.165) is 5.69 Å². The third kappa shape index (κ3) is 3.54. The highest BCUT2D eigenvalue weighted by Crippen LogP contribution is 2.17. The Morgan fingerprint density at radius 3 is 2.33 bits per heavy atom. The molecule has 4 nitrogen and oxygen atoms in total. The number of thiocarbonyl (C=S) groups is 1. The van der Waals surface area contributed by atoms with Gasteiger partial charge in [-0.2, -0.15) is 5.26 Å². The molecule has 0 saturated carbocycles. The molecule has 0 bridgehead atoms. The highest BCUT2D eigenvalue weighted by Gasteiger charge is 2.19. The first-order chi connectivity index (χ1) is 8.45. The number of amides is 1. The number of anilines is 1. The number of benzene rings is 1. The Bertz CT molecular complexity index is 488. The van der Waals surface area contributed by atoms with Crippen molar-refractivity contribution in [2.45, 2.75) is 19.8 Å². The molecule has 1 rings (SSSR count). The van der Waals surface area contributed by atoms with Crippen LogP contribution in [0.4, 0.5) is 5.69 Å². The van der Waals surface area contributed by atoms with Crippen LogP contribution in [0.2, 0.25) is 0 Å². The summed E-state index contributed by atoms with van der Waals surface area (Å²) >= 11 is 4.98. The number of rotatable bonds is 4. The first-order valence-electron chi connectivity index (χ1n) is 5.55. The van der Waals surface area contributed by atoms with E-state index in [-0.39, 0.29) is 4.99 Å². The maximum atomic E-state index is 11.0. The van der Waals surface area contributed by atoms with Crippen LogP contribution in [-0.2, 0) is 4.79 Å². The highest BCUT2D eigenvalue weighted by molar-refractivity contribution is 7.80. The van der Waals surface area contributed by atoms with Crippen LogP contribution >= 0.6 is 12.2 Å². The number of hydrogen-bond donors (Lipinski definition) is 2. The average Bonchev–Trinajstić information content (AvgIpc) is 2.29. The van der Waals surface area contributed by atoms with Crippen molar-refractivity contribution in [1.29, 1.82) is 5.26 Å². The molecule has 1 aromatic carbocycles. The van der Waals surface area contributed by atoms with E-state index in [1.54, 1.807) is 6.07 Å². The minimum absolute atomic E-state index is 0.127. The molecule has 3 N–H and O–H groups in total. The molecule has 0 aliphatic heterocycles. The minimum Gasteiger partial charge on any atom is -0.368 e. The standard InChI is InChI=1S/C13H15N3OS/c1-8(2)9-3-5-10(6-4-9)16-13(18)11(7-14)12(15)17/h3-6,8,11H,1-2H3,(H2,15,17)(H,16,18). The molecular formula is C13H15N3OS. The zero-order chi connectivity index (χ0) is 13.7. The lowest BCUT2D eigenvalue weighted by Crippen LogP contribution is -2.32. The summed E-state index contributed by atoms with van der Waals surface area (Å²) in [6.07, 6.45) is 0. The van der Waals surface area contributed by atoms with Gasteiger partial charge >= 0.3 is 0 Å². The molecule has 94 valence electrons. The predicted molar refractivity (Wildman–Crippen MR) is 75.0 cm³/mol. The number of primary amides is 1. The average molecular weight is 261 g/mol. The zero-order valence-corrected chi connectivity index (χ0v) is 11.1. The first-order valence-corrected chi connectivity index (χ1v) is 5.96. The van der Waals surface area contributed by atoms with Gasteiger partial charge in [0.1, 0.15) is 4.99 Å². The van der Waals surface area contributed by atoms with Gasteiger partial charge in [-0.15, -0.1) is 0 Å². The molecule has 0 radical (unpaired) electrons. The van der Waals surface area contributed by atoms with Crippen LogP contribution in [0, 0.1) is 17.2 Å². The van der Waals surface area contributed by atoms with Crippen molar-refractivity contribution < 1.29 is 4.79 Å². The van der Waals surface area contributed by atoms with Crippen LogP contribution in [0.1, 0.15) is 25.3 Å². The molecule has 1 aromatic rings. The number of nitrogens with zero attached hydrogens (tertiary/aromatic N) is 1. The van der Waals surface area contributed by atoms with Crippen LogP contribution < -0.4 is 11.1 Å². The van der Waals surface area contributed by atoms with Crippen molar-refractivity contribution in [3.05, 3.63) is 29.8 Å². The number of nitrogens with two attached hydrogens (primary N) is 1. The van der Waals surface area contributed by atoms with Gasteiger partial charge in [0.05, 0.1) is 6.07 Å². The summed E-state index contributed by atoms with van der Waals surface area (Å²) in [6.45, 7) is 4.21. The maximum Gasteiger partial charge on any atom is 0.241 e.